The van der Waals surface area contributed by atoms with Gasteiger partial charge in [-0.05, 0) is 6.92 Å². The van der Waals surface area contributed by atoms with Crippen LogP contribution in [0.15, 0.2) is 12.2 Å². The fourth-order valence-electron chi connectivity index (χ4n) is 1.50. The van der Waals surface area contributed by atoms with E-state index in [2.05, 4.69) is 22.5 Å². The fourth-order valence-corrected chi connectivity index (χ4v) is 2.75. The summed E-state index contributed by atoms with van der Waals surface area (Å²) in [5.41, 5.74) is 0.284. The Balaban J connectivity index is 2.20. The minimum absolute atomic E-state index is 0.179. The van der Waals surface area contributed by atoms with E-state index in [4.69, 9.17) is 12.2 Å². The van der Waals surface area contributed by atoms with E-state index in [1.165, 1.54) is 23.6 Å². The van der Waals surface area contributed by atoms with Crippen LogP contribution in [0.25, 0.3) is 0 Å². The molecule has 1 heterocycles. The molecule has 3 N–H and O–H groups in total. The van der Waals surface area contributed by atoms with Crippen molar-refractivity contribution in [3.63, 3.8) is 0 Å². The van der Waals surface area contributed by atoms with Gasteiger partial charge in [0.15, 0.2) is 0 Å². The molecule has 0 aliphatic carbocycles. The van der Waals surface area contributed by atoms with Crippen LogP contribution in [0, 0.1) is 0 Å². The molecule has 0 aromatic carbocycles. The van der Waals surface area contributed by atoms with E-state index in [-0.39, 0.29) is 31.1 Å². The second-order valence-electron chi connectivity index (χ2n) is 4.68. The van der Waals surface area contributed by atoms with E-state index in [1.807, 2.05) is 0 Å². The SMILES string of the molecule is C=C(C)C(=O)NCC(=O)NCC(=O)NCC(=O)N1CCSC1=S. The third kappa shape index (κ3) is 6.78. The van der Waals surface area contributed by atoms with E-state index in [9.17, 15) is 19.2 Å². The molecule has 1 aliphatic heterocycles. The Morgan fingerprint density at radius 3 is 2.22 bits per heavy atom. The number of rotatable bonds is 7. The van der Waals surface area contributed by atoms with E-state index in [1.54, 1.807) is 0 Å². The number of thiocarbonyl (C=S) groups is 1. The molecule has 23 heavy (non-hydrogen) atoms. The molecular weight excluding hydrogens is 340 g/mol. The molecule has 126 valence electrons. The number of hydrogen-bond acceptors (Lipinski definition) is 6. The van der Waals surface area contributed by atoms with Crippen LogP contribution in [-0.4, -0.2) is 64.8 Å². The third-order valence-corrected chi connectivity index (χ3v) is 4.17. The molecule has 4 amide bonds. The molecule has 0 bridgehead atoms. The average molecular weight is 358 g/mol. The van der Waals surface area contributed by atoms with Crippen LogP contribution in [0.1, 0.15) is 6.92 Å². The first-order valence-electron chi connectivity index (χ1n) is 6.75. The van der Waals surface area contributed by atoms with Gasteiger partial charge >= 0.3 is 0 Å². The summed E-state index contributed by atoms with van der Waals surface area (Å²) >= 11 is 6.43. The summed E-state index contributed by atoms with van der Waals surface area (Å²) in [6.07, 6.45) is 0. The van der Waals surface area contributed by atoms with E-state index in [0.29, 0.717) is 10.9 Å². The van der Waals surface area contributed by atoms with Crippen molar-refractivity contribution < 1.29 is 19.2 Å². The molecule has 0 radical (unpaired) electrons. The van der Waals surface area contributed by atoms with Gasteiger partial charge in [-0.15, -0.1) is 0 Å². The van der Waals surface area contributed by atoms with Crippen molar-refractivity contribution in [3.8, 4) is 0 Å². The summed E-state index contributed by atoms with van der Waals surface area (Å²) < 4.78 is 0.505. The molecule has 0 unspecified atom stereocenters. The van der Waals surface area contributed by atoms with Crippen molar-refractivity contribution in [2.45, 2.75) is 6.92 Å². The van der Waals surface area contributed by atoms with Crippen LogP contribution >= 0.6 is 24.0 Å². The first-order chi connectivity index (χ1) is 10.8. The predicted octanol–water partition coefficient (Wildman–Crippen LogP) is -1.23. The maximum Gasteiger partial charge on any atom is 0.247 e. The van der Waals surface area contributed by atoms with E-state index >= 15 is 0 Å². The van der Waals surface area contributed by atoms with Gasteiger partial charge in [-0.25, -0.2) is 0 Å². The largest absolute Gasteiger partial charge is 0.346 e. The van der Waals surface area contributed by atoms with Crippen LogP contribution in [0.2, 0.25) is 0 Å². The number of amides is 4. The standard InChI is InChI=1S/C13H18N4O4S2/c1-8(2)12(21)16-6-10(19)14-5-9(18)15-7-11(20)17-3-4-23-13(17)22/h1,3-7H2,2H3,(H,14,19)(H,15,18)(H,16,21). The van der Waals surface area contributed by atoms with Crippen LogP contribution in [0.4, 0.5) is 0 Å². The average Bonchev–Trinajstić information content (AvgIpc) is 2.94. The van der Waals surface area contributed by atoms with Crippen LogP contribution in [0.5, 0.6) is 0 Å². The Kier molecular flexibility index (Phi) is 7.69. The zero-order valence-corrected chi connectivity index (χ0v) is 14.3. The number of carbonyl (C=O) groups is 4. The summed E-state index contributed by atoms with van der Waals surface area (Å²) in [7, 11) is 0. The molecule has 0 saturated carbocycles. The first-order valence-corrected chi connectivity index (χ1v) is 8.15. The lowest BCUT2D eigenvalue weighted by atomic mass is 10.3. The normalized spacial score (nSPS) is 13.4. The summed E-state index contributed by atoms with van der Waals surface area (Å²) in [5.74, 6) is -0.984. The first kappa shape index (κ1) is 19.1. The number of nitrogens with one attached hydrogen (secondary N) is 3. The predicted molar refractivity (Wildman–Crippen MR) is 90.6 cm³/mol. The molecule has 8 nitrogen and oxygen atoms in total. The van der Waals surface area contributed by atoms with Gasteiger partial charge in [-0.3, -0.25) is 24.1 Å². The number of hydrogen-bond donors (Lipinski definition) is 3. The molecule has 1 fully saturated rings. The quantitative estimate of drug-likeness (QED) is 0.389. The van der Waals surface area contributed by atoms with Crippen LogP contribution in [-0.2, 0) is 19.2 Å². The van der Waals surface area contributed by atoms with Crippen molar-refractivity contribution in [1.82, 2.24) is 20.9 Å². The molecule has 0 aromatic heterocycles. The van der Waals surface area contributed by atoms with Gasteiger partial charge in [-0.2, -0.15) is 0 Å². The highest BCUT2D eigenvalue weighted by Crippen LogP contribution is 2.17. The Morgan fingerprint density at radius 1 is 1.13 bits per heavy atom. The highest BCUT2D eigenvalue weighted by atomic mass is 32.2. The molecular formula is C13H18N4O4S2. The van der Waals surface area contributed by atoms with Gasteiger partial charge < -0.3 is 16.0 Å². The molecule has 0 spiro atoms. The zero-order valence-electron chi connectivity index (χ0n) is 12.6. The van der Waals surface area contributed by atoms with Gasteiger partial charge in [0.1, 0.15) is 4.32 Å². The molecule has 1 saturated heterocycles. The summed E-state index contributed by atoms with van der Waals surface area (Å²) in [6, 6.07) is 0. The molecule has 0 aromatic rings. The van der Waals surface area contributed by atoms with Crippen molar-refractivity contribution in [2.24, 2.45) is 0 Å². The Morgan fingerprint density at radius 2 is 1.70 bits per heavy atom. The number of nitrogens with zero attached hydrogens (tertiary/aromatic N) is 1. The van der Waals surface area contributed by atoms with Gasteiger partial charge in [0.2, 0.25) is 23.6 Å². The van der Waals surface area contributed by atoms with E-state index < -0.39 is 17.7 Å². The lowest BCUT2D eigenvalue weighted by molar-refractivity contribution is -0.130. The Labute approximate surface area is 143 Å². The summed E-state index contributed by atoms with van der Waals surface area (Å²) in [4.78, 5) is 47.4. The lowest BCUT2D eigenvalue weighted by Crippen LogP contribution is -2.45. The summed E-state index contributed by atoms with van der Waals surface area (Å²) in [5, 5.41) is 7.07. The maximum absolute atomic E-state index is 11.8. The minimum atomic E-state index is -0.516. The monoisotopic (exact) mass is 358 g/mol. The number of carbonyl (C=O) groups excluding carboxylic acids is 4. The van der Waals surface area contributed by atoms with Gasteiger partial charge in [0, 0.05) is 17.9 Å². The van der Waals surface area contributed by atoms with Gasteiger partial charge in [-0.1, -0.05) is 30.6 Å². The van der Waals surface area contributed by atoms with Crippen molar-refractivity contribution >= 4 is 51.9 Å². The van der Waals surface area contributed by atoms with Gasteiger partial charge in [0.25, 0.3) is 0 Å². The Hall–Kier alpha value is -1.94. The smallest absolute Gasteiger partial charge is 0.247 e. The van der Waals surface area contributed by atoms with Crippen LogP contribution < -0.4 is 16.0 Å². The van der Waals surface area contributed by atoms with Gasteiger partial charge in [0.05, 0.1) is 19.6 Å². The molecule has 1 aliphatic rings. The molecule has 0 atom stereocenters. The van der Waals surface area contributed by atoms with Crippen molar-refractivity contribution in [1.29, 1.82) is 0 Å². The molecule has 10 heteroatoms. The third-order valence-electron chi connectivity index (χ3n) is 2.74. The maximum atomic E-state index is 11.8. The van der Waals surface area contributed by atoms with Crippen molar-refractivity contribution in [3.05, 3.63) is 12.2 Å². The van der Waals surface area contributed by atoms with E-state index in [0.717, 1.165) is 5.75 Å². The van der Waals surface area contributed by atoms with Crippen LogP contribution in [0.3, 0.4) is 0 Å². The number of thioether (sulfide) groups is 1. The van der Waals surface area contributed by atoms with Crippen molar-refractivity contribution in [2.75, 3.05) is 31.9 Å². The lowest BCUT2D eigenvalue weighted by Gasteiger charge is -2.15. The molecule has 1 rings (SSSR count). The highest BCUT2D eigenvalue weighted by Gasteiger charge is 2.23. The minimum Gasteiger partial charge on any atom is -0.346 e. The summed E-state index contributed by atoms with van der Waals surface area (Å²) in [6.45, 7) is 4.77. The highest BCUT2D eigenvalue weighted by molar-refractivity contribution is 8.23. The fraction of sp³-hybridized carbons (Fsp3) is 0.462. The second kappa shape index (κ2) is 9.26. The second-order valence-corrected chi connectivity index (χ2v) is 6.40. The topological polar surface area (TPSA) is 108 Å². The zero-order chi connectivity index (χ0) is 17.4. The Bertz CT molecular complexity index is 550.